The fourth-order valence-corrected chi connectivity index (χ4v) is 9.49. The van der Waals surface area contributed by atoms with Crippen LogP contribution in [0.15, 0.2) is 36.5 Å². The summed E-state index contributed by atoms with van der Waals surface area (Å²) in [5.74, 6) is -0.862. The second-order valence-corrected chi connectivity index (χ2v) is 21.7. The number of carbonyl (C=O) groups excluding carboxylic acids is 3. The second-order valence-electron chi connectivity index (χ2n) is 21.7. The lowest BCUT2D eigenvalue weighted by atomic mass is 10.1. The normalized spacial score (nSPS) is 12.2. The van der Waals surface area contributed by atoms with Gasteiger partial charge in [0.1, 0.15) is 13.2 Å². The average molecular weight is 1010 g/mol. The van der Waals surface area contributed by atoms with Crippen molar-refractivity contribution in [1.82, 2.24) is 0 Å². The molecule has 0 amide bonds. The van der Waals surface area contributed by atoms with Gasteiger partial charge in [-0.1, -0.05) is 269 Å². The van der Waals surface area contributed by atoms with Gasteiger partial charge in [0.2, 0.25) is 0 Å². The quantitative estimate of drug-likeness (QED) is 0.0261. The number of hydrogen-bond donors (Lipinski definition) is 0. The molecule has 0 aliphatic heterocycles. The number of carbonyl (C=O) groups is 3. The minimum Gasteiger partial charge on any atom is -0.462 e. The van der Waals surface area contributed by atoms with Gasteiger partial charge in [0.05, 0.1) is 0 Å². The predicted octanol–water partition coefficient (Wildman–Crippen LogP) is 21.6. The first-order valence-corrected chi connectivity index (χ1v) is 32.0. The van der Waals surface area contributed by atoms with Crippen molar-refractivity contribution in [3.63, 3.8) is 0 Å². The van der Waals surface area contributed by atoms with E-state index in [2.05, 4.69) is 57.2 Å². The van der Waals surface area contributed by atoms with E-state index in [1.165, 1.54) is 250 Å². The molecule has 0 aromatic carbocycles. The number of rotatable bonds is 59. The smallest absolute Gasteiger partial charge is 0.306 e. The van der Waals surface area contributed by atoms with E-state index in [4.69, 9.17) is 14.2 Å². The molecule has 6 nitrogen and oxygen atoms in total. The Morgan fingerprint density at radius 2 is 0.458 bits per heavy atom. The fourth-order valence-electron chi connectivity index (χ4n) is 9.49. The SMILES string of the molecule is CCCCCCCC/C=C\CCCCCCCCCCCC(=O)OCC(COC(=O)CCCCCCCCC/C=C\CCCCCCCC)OC(=O)CCCCCCCCC/C=C\CCCCCCCCC. The maximum atomic E-state index is 12.9. The first-order chi connectivity index (χ1) is 35.5. The van der Waals surface area contributed by atoms with Crippen LogP contribution in [0.25, 0.3) is 0 Å². The Bertz CT molecular complexity index is 1210. The Morgan fingerprint density at radius 3 is 0.694 bits per heavy atom. The molecule has 0 rings (SSSR count). The Kier molecular flexibility index (Phi) is 59.2. The molecule has 422 valence electrons. The summed E-state index contributed by atoms with van der Waals surface area (Å²) in [6.07, 6.45) is 74.3. The molecule has 0 bridgehead atoms. The topological polar surface area (TPSA) is 78.9 Å². The van der Waals surface area contributed by atoms with Crippen LogP contribution in [0.5, 0.6) is 0 Å². The Hall–Kier alpha value is -2.37. The second kappa shape index (κ2) is 61.2. The first kappa shape index (κ1) is 69.6. The molecule has 0 aromatic rings. The summed E-state index contributed by atoms with van der Waals surface area (Å²) < 4.78 is 16.9. The molecule has 0 aliphatic carbocycles. The van der Waals surface area contributed by atoms with Crippen LogP contribution in [0.1, 0.15) is 348 Å². The van der Waals surface area contributed by atoms with Crippen LogP contribution in [0.3, 0.4) is 0 Å². The van der Waals surface area contributed by atoms with E-state index >= 15 is 0 Å². The van der Waals surface area contributed by atoms with Crippen molar-refractivity contribution in [3.05, 3.63) is 36.5 Å². The summed E-state index contributed by atoms with van der Waals surface area (Å²) in [6, 6.07) is 0. The minimum absolute atomic E-state index is 0.0734. The molecule has 0 fully saturated rings. The Morgan fingerprint density at radius 1 is 0.264 bits per heavy atom. The molecule has 0 heterocycles. The zero-order valence-electron chi connectivity index (χ0n) is 48.5. The third kappa shape index (κ3) is 58.5. The summed E-state index contributed by atoms with van der Waals surface area (Å²) in [4.78, 5) is 38.3. The van der Waals surface area contributed by atoms with Crippen LogP contribution >= 0.6 is 0 Å². The first-order valence-electron chi connectivity index (χ1n) is 32.0. The van der Waals surface area contributed by atoms with Crippen molar-refractivity contribution in [2.24, 2.45) is 0 Å². The monoisotopic (exact) mass is 1010 g/mol. The molecule has 0 saturated carbocycles. The van der Waals surface area contributed by atoms with E-state index in [1.54, 1.807) is 0 Å². The van der Waals surface area contributed by atoms with Gasteiger partial charge >= 0.3 is 17.9 Å². The maximum absolute atomic E-state index is 12.9. The highest BCUT2D eigenvalue weighted by molar-refractivity contribution is 5.71. The minimum atomic E-state index is -0.776. The van der Waals surface area contributed by atoms with Gasteiger partial charge in [-0.05, 0) is 96.3 Å². The lowest BCUT2D eigenvalue weighted by Crippen LogP contribution is -2.30. The van der Waals surface area contributed by atoms with E-state index in [-0.39, 0.29) is 31.1 Å². The summed E-state index contributed by atoms with van der Waals surface area (Å²) in [6.45, 7) is 6.68. The Labute approximate surface area is 448 Å². The van der Waals surface area contributed by atoms with Crippen molar-refractivity contribution < 1.29 is 28.6 Å². The highest BCUT2D eigenvalue weighted by Gasteiger charge is 2.19. The lowest BCUT2D eigenvalue weighted by molar-refractivity contribution is -0.167. The van der Waals surface area contributed by atoms with Gasteiger partial charge in [-0.25, -0.2) is 0 Å². The van der Waals surface area contributed by atoms with E-state index in [0.29, 0.717) is 19.3 Å². The van der Waals surface area contributed by atoms with Crippen molar-refractivity contribution in [3.8, 4) is 0 Å². The van der Waals surface area contributed by atoms with Gasteiger partial charge in [0.15, 0.2) is 6.10 Å². The standard InChI is InChI=1S/C66H122O6/c1-4-7-10-13-16-19-22-25-28-31-33-36-38-41-44-47-50-53-56-59-65(68)71-62-63(61-70-64(67)58-55-52-49-46-43-40-37-34-30-27-24-21-18-15-12-9-6-3)72-66(69)60-57-54-51-48-45-42-39-35-32-29-26-23-20-17-14-11-8-5-2/h25,27-30,32,63H,4-24,26,31,33-62H2,1-3H3/b28-25-,30-27-,32-29-. The van der Waals surface area contributed by atoms with Crippen LogP contribution in [0, 0.1) is 0 Å². The fraction of sp³-hybridized carbons (Fsp3) is 0.864. The van der Waals surface area contributed by atoms with Crippen LogP contribution in [0.4, 0.5) is 0 Å². The zero-order chi connectivity index (χ0) is 52.2. The predicted molar refractivity (Wildman–Crippen MR) is 312 cm³/mol. The molecule has 1 unspecified atom stereocenters. The van der Waals surface area contributed by atoms with E-state index < -0.39 is 6.10 Å². The van der Waals surface area contributed by atoms with Gasteiger partial charge in [0, 0.05) is 19.3 Å². The molecular weight excluding hydrogens is 889 g/mol. The molecule has 0 N–H and O–H groups in total. The zero-order valence-corrected chi connectivity index (χ0v) is 48.5. The van der Waals surface area contributed by atoms with Gasteiger partial charge in [-0.15, -0.1) is 0 Å². The summed E-state index contributed by atoms with van der Waals surface area (Å²) in [5.41, 5.74) is 0. The van der Waals surface area contributed by atoms with Gasteiger partial charge in [-0.2, -0.15) is 0 Å². The molecular formula is C66H122O6. The molecule has 72 heavy (non-hydrogen) atoms. The van der Waals surface area contributed by atoms with E-state index in [0.717, 1.165) is 57.8 Å². The summed E-state index contributed by atoms with van der Waals surface area (Å²) in [5, 5.41) is 0. The molecule has 0 radical (unpaired) electrons. The van der Waals surface area contributed by atoms with Crippen molar-refractivity contribution in [2.45, 2.75) is 354 Å². The van der Waals surface area contributed by atoms with Crippen molar-refractivity contribution >= 4 is 17.9 Å². The van der Waals surface area contributed by atoms with Crippen LogP contribution < -0.4 is 0 Å². The molecule has 0 aliphatic rings. The molecule has 0 spiro atoms. The number of allylic oxidation sites excluding steroid dienone is 6. The Balaban J connectivity index is 4.35. The average Bonchev–Trinajstić information content (AvgIpc) is 3.38. The summed E-state index contributed by atoms with van der Waals surface area (Å²) >= 11 is 0. The van der Waals surface area contributed by atoms with Crippen LogP contribution in [0.2, 0.25) is 0 Å². The van der Waals surface area contributed by atoms with Crippen LogP contribution in [-0.4, -0.2) is 37.2 Å². The number of unbranched alkanes of at least 4 members (excludes halogenated alkanes) is 42. The largest absolute Gasteiger partial charge is 0.462 e. The molecule has 6 heteroatoms. The van der Waals surface area contributed by atoms with Gasteiger partial charge in [0.25, 0.3) is 0 Å². The highest BCUT2D eigenvalue weighted by atomic mass is 16.6. The number of ether oxygens (including phenoxy) is 3. The third-order valence-electron chi connectivity index (χ3n) is 14.3. The molecule has 0 saturated heterocycles. The van der Waals surface area contributed by atoms with E-state index in [1.807, 2.05) is 0 Å². The molecule has 0 aromatic heterocycles. The highest BCUT2D eigenvalue weighted by Crippen LogP contribution is 2.17. The van der Waals surface area contributed by atoms with Crippen molar-refractivity contribution in [1.29, 1.82) is 0 Å². The van der Waals surface area contributed by atoms with Gasteiger partial charge < -0.3 is 14.2 Å². The molecule has 1 atom stereocenters. The number of hydrogen-bond acceptors (Lipinski definition) is 6. The summed E-state index contributed by atoms with van der Waals surface area (Å²) in [7, 11) is 0. The number of esters is 3. The van der Waals surface area contributed by atoms with Gasteiger partial charge in [-0.3, -0.25) is 14.4 Å². The van der Waals surface area contributed by atoms with Crippen molar-refractivity contribution in [2.75, 3.05) is 13.2 Å². The maximum Gasteiger partial charge on any atom is 0.306 e. The van der Waals surface area contributed by atoms with E-state index in [9.17, 15) is 14.4 Å². The lowest BCUT2D eigenvalue weighted by Gasteiger charge is -2.18. The van der Waals surface area contributed by atoms with Crippen LogP contribution in [-0.2, 0) is 28.6 Å². The third-order valence-corrected chi connectivity index (χ3v) is 14.3.